The Morgan fingerprint density at radius 1 is 1.27 bits per heavy atom. The summed E-state index contributed by atoms with van der Waals surface area (Å²) in [4.78, 5) is 20.9. The van der Waals surface area contributed by atoms with Crippen LogP contribution in [-0.2, 0) is 0 Å². The van der Waals surface area contributed by atoms with Crippen molar-refractivity contribution in [3.8, 4) is 0 Å². The molecule has 26 heavy (non-hydrogen) atoms. The highest BCUT2D eigenvalue weighted by Crippen LogP contribution is 2.40. The zero-order valence-corrected chi connectivity index (χ0v) is 15.1. The van der Waals surface area contributed by atoms with Gasteiger partial charge < -0.3 is 20.0 Å². The van der Waals surface area contributed by atoms with Crippen LogP contribution in [0.2, 0.25) is 0 Å². The predicted molar refractivity (Wildman–Crippen MR) is 101 cm³/mol. The first-order chi connectivity index (χ1) is 12.5. The lowest BCUT2D eigenvalue weighted by Gasteiger charge is -2.50. The van der Waals surface area contributed by atoms with Crippen LogP contribution in [0.1, 0.15) is 29.6 Å². The number of aliphatic hydroxyl groups excluding tert-OH is 1. The molecule has 6 heteroatoms. The van der Waals surface area contributed by atoms with Crippen LogP contribution in [0.15, 0.2) is 30.3 Å². The molecule has 0 radical (unpaired) electrons. The van der Waals surface area contributed by atoms with Gasteiger partial charge in [0.05, 0.1) is 17.2 Å². The lowest BCUT2D eigenvalue weighted by molar-refractivity contribution is -0.0466. The first-order valence-electron chi connectivity index (χ1n) is 9.23. The molecule has 0 unspecified atom stereocenters. The maximum absolute atomic E-state index is 11.7. The van der Waals surface area contributed by atoms with Gasteiger partial charge in [-0.1, -0.05) is 18.2 Å². The van der Waals surface area contributed by atoms with E-state index in [9.17, 15) is 15.0 Å². The van der Waals surface area contributed by atoms with E-state index in [1.807, 2.05) is 18.2 Å². The maximum Gasteiger partial charge on any atom is 0.336 e. The molecule has 2 aromatic rings. The minimum atomic E-state index is -0.936. The summed E-state index contributed by atoms with van der Waals surface area (Å²) in [5.74, 6) is -0.241. The van der Waals surface area contributed by atoms with Gasteiger partial charge in [0.25, 0.3) is 0 Å². The molecule has 2 fully saturated rings. The van der Waals surface area contributed by atoms with Crippen molar-refractivity contribution in [1.82, 2.24) is 9.88 Å². The molecule has 2 N–H and O–H groups in total. The number of carbonyl (C=O) groups is 1. The van der Waals surface area contributed by atoms with Crippen LogP contribution < -0.4 is 4.90 Å². The van der Waals surface area contributed by atoms with Gasteiger partial charge in [0.1, 0.15) is 5.82 Å². The standard InChI is InChI=1S/C20H25N3O3/c1-22-10-7-17(24)20(12-22)8-4-9-23(13-20)18-11-15(19(25)26)14-5-2-3-6-16(14)21-18/h2-3,5-6,11,17,24H,4,7-10,12-13H2,1H3,(H,25,26)/t17-,20-/m0/s1. The summed E-state index contributed by atoms with van der Waals surface area (Å²) in [6, 6.07) is 9.05. The van der Waals surface area contributed by atoms with E-state index in [0.717, 1.165) is 38.9 Å². The number of piperidine rings is 2. The maximum atomic E-state index is 11.7. The zero-order chi connectivity index (χ0) is 18.3. The molecule has 2 saturated heterocycles. The molecule has 0 saturated carbocycles. The van der Waals surface area contributed by atoms with Gasteiger partial charge in [-0.05, 0) is 38.4 Å². The number of fused-ring (bicyclic) bond motifs is 1. The Morgan fingerprint density at radius 3 is 2.88 bits per heavy atom. The van der Waals surface area contributed by atoms with Crippen molar-refractivity contribution in [2.24, 2.45) is 5.41 Å². The predicted octanol–water partition coefficient (Wildman–Crippen LogP) is 2.22. The Morgan fingerprint density at radius 2 is 2.08 bits per heavy atom. The number of nitrogens with zero attached hydrogens (tertiary/aromatic N) is 3. The molecule has 0 amide bonds. The number of likely N-dealkylation sites (tertiary alicyclic amines) is 1. The van der Waals surface area contributed by atoms with E-state index in [1.165, 1.54) is 0 Å². The normalized spacial score (nSPS) is 27.2. The van der Waals surface area contributed by atoms with Crippen LogP contribution in [0.25, 0.3) is 10.9 Å². The number of carboxylic acids is 1. The van der Waals surface area contributed by atoms with Crippen molar-refractivity contribution in [1.29, 1.82) is 0 Å². The summed E-state index contributed by atoms with van der Waals surface area (Å²) in [6.07, 6.45) is 2.44. The summed E-state index contributed by atoms with van der Waals surface area (Å²) in [5, 5.41) is 21.0. The number of aliphatic hydroxyl groups is 1. The molecule has 0 bridgehead atoms. The molecule has 2 atom stereocenters. The van der Waals surface area contributed by atoms with Gasteiger partial charge in [0, 0.05) is 37.0 Å². The summed E-state index contributed by atoms with van der Waals surface area (Å²) < 4.78 is 0. The van der Waals surface area contributed by atoms with Gasteiger partial charge in [-0.15, -0.1) is 0 Å². The third kappa shape index (κ3) is 2.93. The largest absolute Gasteiger partial charge is 0.478 e. The fourth-order valence-corrected chi connectivity index (χ4v) is 4.63. The van der Waals surface area contributed by atoms with Gasteiger partial charge >= 0.3 is 5.97 Å². The van der Waals surface area contributed by atoms with Crippen LogP contribution in [0, 0.1) is 5.41 Å². The minimum absolute atomic E-state index is 0.165. The minimum Gasteiger partial charge on any atom is -0.478 e. The molecule has 2 aliphatic heterocycles. The fourth-order valence-electron chi connectivity index (χ4n) is 4.63. The summed E-state index contributed by atoms with van der Waals surface area (Å²) in [6.45, 7) is 3.33. The molecule has 4 rings (SSSR count). The van der Waals surface area contributed by atoms with E-state index >= 15 is 0 Å². The van der Waals surface area contributed by atoms with Crippen molar-refractivity contribution in [3.05, 3.63) is 35.9 Å². The Labute approximate surface area is 153 Å². The number of hydrogen-bond acceptors (Lipinski definition) is 5. The Balaban J connectivity index is 1.72. The molecular weight excluding hydrogens is 330 g/mol. The average Bonchev–Trinajstić information content (AvgIpc) is 2.64. The van der Waals surface area contributed by atoms with Crippen molar-refractivity contribution >= 4 is 22.7 Å². The third-order valence-corrected chi connectivity index (χ3v) is 5.94. The average molecular weight is 355 g/mol. The van der Waals surface area contributed by atoms with Crippen molar-refractivity contribution < 1.29 is 15.0 Å². The molecule has 1 spiro atoms. The SMILES string of the molecule is CN1CC[C@H](O)[C@@]2(CCCN(c3cc(C(=O)O)c4ccccc4n3)C2)C1. The number of para-hydroxylation sites is 1. The number of aromatic nitrogens is 1. The Kier molecular flexibility index (Phi) is 4.32. The molecule has 6 nitrogen and oxygen atoms in total. The molecule has 1 aromatic heterocycles. The topological polar surface area (TPSA) is 76.9 Å². The van der Waals surface area contributed by atoms with Crippen LogP contribution in [0.3, 0.4) is 0 Å². The summed E-state index contributed by atoms with van der Waals surface area (Å²) >= 11 is 0. The van der Waals surface area contributed by atoms with Crippen LogP contribution in [0.4, 0.5) is 5.82 Å². The number of pyridine rings is 1. The summed E-state index contributed by atoms with van der Waals surface area (Å²) in [5.41, 5.74) is 0.817. The van der Waals surface area contributed by atoms with Crippen LogP contribution in [0.5, 0.6) is 0 Å². The van der Waals surface area contributed by atoms with E-state index in [0.29, 0.717) is 23.3 Å². The van der Waals surface area contributed by atoms with E-state index in [2.05, 4.69) is 16.8 Å². The molecule has 2 aliphatic rings. The highest BCUT2D eigenvalue weighted by molar-refractivity contribution is 6.03. The first kappa shape index (κ1) is 17.2. The number of benzene rings is 1. The van der Waals surface area contributed by atoms with Gasteiger partial charge in [0.2, 0.25) is 0 Å². The van der Waals surface area contributed by atoms with E-state index in [-0.39, 0.29) is 17.1 Å². The van der Waals surface area contributed by atoms with E-state index in [4.69, 9.17) is 4.98 Å². The van der Waals surface area contributed by atoms with E-state index < -0.39 is 5.97 Å². The van der Waals surface area contributed by atoms with Gasteiger partial charge in [-0.2, -0.15) is 0 Å². The number of hydrogen-bond donors (Lipinski definition) is 2. The van der Waals surface area contributed by atoms with Gasteiger partial charge in [-0.25, -0.2) is 9.78 Å². The highest BCUT2D eigenvalue weighted by atomic mass is 16.4. The number of anilines is 1. The Bertz CT molecular complexity index is 840. The van der Waals surface area contributed by atoms with Gasteiger partial charge in [0.15, 0.2) is 0 Å². The second-order valence-electron chi connectivity index (χ2n) is 7.78. The second kappa shape index (κ2) is 6.52. The Hall–Kier alpha value is -2.18. The molecule has 138 valence electrons. The number of aromatic carboxylic acids is 1. The molecular formula is C20H25N3O3. The van der Waals surface area contributed by atoms with Crippen molar-refractivity contribution in [2.45, 2.75) is 25.4 Å². The first-order valence-corrected chi connectivity index (χ1v) is 9.23. The smallest absolute Gasteiger partial charge is 0.336 e. The van der Waals surface area contributed by atoms with Crippen molar-refractivity contribution in [3.63, 3.8) is 0 Å². The quantitative estimate of drug-likeness (QED) is 0.860. The lowest BCUT2D eigenvalue weighted by Crippen LogP contribution is -2.58. The van der Waals surface area contributed by atoms with Crippen LogP contribution in [-0.4, -0.2) is 65.4 Å². The fraction of sp³-hybridized carbons (Fsp3) is 0.500. The zero-order valence-electron chi connectivity index (χ0n) is 15.1. The molecule has 3 heterocycles. The monoisotopic (exact) mass is 355 g/mol. The number of carboxylic acid groups (broad SMARTS) is 1. The number of rotatable bonds is 2. The van der Waals surface area contributed by atoms with Crippen molar-refractivity contribution in [2.75, 3.05) is 38.1 Å². The highest BCUT2D eigenvalue weighted by Gasteiger charge is 2.45. The second-order valence-corrected chi connectivity index (χ2v) is 7.78. The third-order valence-electron chi connectivity index (χ3n) is 5.94. The van der Waals surface area contributed by atoms with E-state index in [1.54, 1.807) is 12.1 Å². The van der Waals surface area contributed by atoms with Crippen LogP contribution >= 0.6 is 0 Å². The lowest BCUT2D eigenvalue weighted by atomic mass is 9.71. The van der Waals surface area contributed by atoms with Gasteiger partial charge in [-0.3, -0.25) is 0 Å². The summed E-state index contributed by atoms with van der Waals surface area (Å²) in [7, 11) is 2.10. The molecule has 1 aromatic carbocycles. The molecule has 0 aliphatic carbocycles.